The van der Waals surface area contributed by atoms with Gasteiger partial charge in [-0.15, -0.1) is 0 Å². The highest BCUT2D eigenvalue weighted by atomic mass is 16.2. The standard InChI is InChI=1S/C19H35N3O/c20-18-9-4-8-17(14-18)19(23)22-11-5-10-21(12-13-22)15-16-6-2-1-3-7-16/h16-18H,1-15,20H2. The van der Waals surface area contributed by atoms with Crippen LogP contribution in [0.3, 0.4) is 0 Å². The van der Waals surface area contributed by atoms with Gasteiger partial charge in [-0.05, 0) is 51.0 Å². The Kier molecular flexibility index (Phi) is 6.35. The van der Waals surface area contributed by atoms with Crippen LogP contribution < -0.4 is 5.73 Å². The lowest BCUT2D eigenvalue weighted by atomic mass is 9.85. The summed E-state index contributed by atoms with van der Waals surface area (Å²) in [5.41, 5.74) is 6.07. The molecule has 0 aromatic heterocycles. The van der Waals surface area contributed by atoms with Crippen molar-refractivity contribution < 1.29 is 4.79 Å². The Morgan fingerprint density at radius 3 is 2.48 bits per heavy atom. The molecule has 132 valence electrons. The summed E-state index contributed by atoms with van der Waals surface area (Å²) in [4.78, 5) is 17.6. The topological polar surface area (TPSA) is 49.6 Å². The normalized spacial score (nSPS) is 31.8. The van der Waals surface area contributed by atoms with E-state index in [1.807, 2.05) is 0 Å². The fourth-order valence-corrected chi connectivity index (χ4v) is 4.82. The van der Waals surface area contributed by atoms with Crippen molar-refractivity contribution in [2.24, 2.45) is 17.6 Å². The van der Waals surface area contributed by atoms with E-state index in [2.05, 4.69) is 9.80 Å². The molecule has 2 unspecified atom stereocenters. The van der Waals surface area contributed by atoms with Crippen molar-refractivity contribution in [2.75, 3.05) is 32.7 Å². The molecule has 23 heavy (non-hydrogen) atoms. The van der Waals surface area contributed by atoms with Gasteiger partial charge in [0.15, 0.2) is 0 Å². The van der Waals surface area contributed by atoms with E-state index in [0.717, 1.165) is 57.7 Å². The summed E-state index contributed by atoms with van der Waals surface area (Å²) in [7, 11) is 0. The van der Waals surface area contributed by atoms with Crippen molar-refractivity contribution >= 4 is 5.91 Å². The van der Waals surface area contributed by atoms with E-state index < -0.39 is 0 Å². The molecule has 0 radical (unpaired) electrons. The number of carbonyl (C=O) groups is 1. The highest BCUT2D eigenvalue weighted by molar-refractivity contribution is 5.79. The van der Waals surface area contributed by atoms with E-state index in [0.29, 0.717) is 5.91 Å². The van der Waals surface area contributed by atoms with Crippen molar-refractivity contribution in [3.05, 3.63) is 0 Å². The second-order valence-corrected chi connectivity index (χ2v) is 8.11. The fraction of sp³-hybridized carbons (Fsp3) is 0.947. The van der Waals surface area contributed by atoms with E-state index >= 15 is 0 Å². The molecule has 2 aliphatic carbocycles. The first-order valence-electron chi connectivity index (χ1n) is 9.99. The first-order chi connectivity index (χ1) is 11.2. The second kappa shape index (κ2) is 8.48. The van der Waals surface area contributed by atoms with Crippen molar-refractivity contribution in [1.82, 2.24) is 9.80 Å². The minimum atomic E-state index is 0.198. The largest absolute Gasteiger partial charge is 0.341 e. The molecule has 1 heterocycles. The Labute approximate surface area is 141 Å². The molecule has 1 saturated heterocycles. The number of rotatable bonds is 3. The van der Waals surface area contributed by atoms with Gasteiger partial charge in [0.05, 0.1) is 0 Å². The molecular formula is C19H35N3O. The quantitative estimate of drug-likeness (QED) is 0.869. The summed E-state index contributed by atoms with van der Waals surface area (Å²) < 4.78 is 0. The summed E-state index contributed by atoms with van der Waals surface area (Å²) in [6, 6.07) is 0.243. The number of nitrogens with two attached hydrogens (primary N) is 1. The zero-order valence-corrected chi connectivity index (χ0v) is 14.7. The Bertz CT molecular complexity index is 381. The minimum absolute atomic E-state index is 0.198. The number of amides is 1. The zero-order chi connectivity index (χ0) is 16.1. The smallest absolute Gasteiger partial charge is 0.225 e. The van der Waals surface area contributed by atoms with Crippen molar-refractivity contribution in [3.63, 3.8) is 0 Å². The third kappa shape index (κ3) is 4.93. The molecule has 2 N–H and O–H groups in total. The lowest BCUT2D eigenvalue weighted by Gasteiger charge is -2.31. The molecule has 1 aliphatic heterocycles. The van der Waals surface area contributed by atoms with Crippen molar-refractivity contribution in [1.29, 1.82) is 0 Å². The second-order valence-electron chi connectivity index (χ2n) is 8.11. The molecule has 3 fully saturated rings. The third-order valence-electron chi connectivity index (χ3n) is 6.21. The Morgan fingerprint density at radius 1 is 0.870 bits per heavy atom. The van der Waals surface area contributed by atoms with Gasteiger partial charge in [0.1, 0.15) is 0 Å². The van der Waals surface area contributed by atoms with Gasteiger partial charge in [-0.2, -0.15) is 0 Å². The minimum Gasteiger partial charge on any atom is -0.341 e. The molecule has 0 aromatic rings. The Balaban J connectivity index is 1.46. The van der Waals surface area contributed by atoms with Crippen LogP contribution in [0.15, 0.2) is 0 Å². The maximum Gasteiger partial charge on any atom is 0.225 e. The number of carbonyl (C=O) groups excluding carboxylic acids is 1. The molecule has 4 nitrogen and oxygen atoms in total. The molecule has 0 bridgehead atoms. The molecule has 3 aliphatic rings. The maximum atomic E-state index is 12.8. The third-order valence-corrected chi connectivity index (χ3v) is 6.21. The molecule has 0 aromatic carbocycles. The van der Waals surface area contributed by atoms with Gasteiger partial charge < -0.3 is 15.5 Å². The summed E-state index contributed by atoms with van der Waals surface area (Å²) >= 11 is 0. The van der Waals surface area contributed by atoms with Crippen molar-refractivity contribution in [2.45, 2.75) is 70.3 Å². The fourth-order valence-electron chi connectivity index (χ4n) is 4.82. The van der Waals surface area contributed by atoms with Crippen LogP contribution in [0, 0.1) is 11.8 Å². The van der Waals surface area contributed by atoms with Gasteiger partial charge >= 0.3 is 0 Å². The summed E-state index contributed by atoms with van der Waals surface area (Å²) in [5.74, 6) is 1.49. The first-order valence-corrected chi connectivity index (χ1v) is 9.99. The van der Waals surface area contributed by atoms with E-state index in [-0.39, 0.29) is 12.0 Å². The van der Waals surface area contributed by atoms with Crippen LogP contribution in [0.25, 0.3) is 0 Å². The van der Waals surface area contributed by atoms with E-state index in [1.54, 1.807) is 0 Å². The van der Waals surface area contributed by atoms with Crippen LogP contribution in [0.5, 0.6) is 0 Å². The average Bonchev–Trinajstić information content (AvgIpc) is 2.81. The van der Waals surface area contributed by atoms with Gasteiger partial charge in [-0.25, -0.2) is 0 Å². The number of hydrogen-bond donors (Lipinski definition) is 1. The van der Waals surface area contributed by atoms with Crippen LogP contribution in [0.2, 0.25) is 0 Å². The van der Waals surface area contributed by atoms with Crippen LogP contribution in [0.1, 0.15) is 64.2 Å². The molecule has 4 heteroatoms. The van der Waals surface area contributed by atoms with Crippen molar-refractivity contribution in [3.8, 4) is 0 Å². The van der Waals surface area contributed by atoms with Crippen LogP contribution in [-0.2, 0) is 4.79 Å². The predicted octanol–water partition coefficient (Wildman–Crippen LogP) is 2.62. The van der Waals surface area contributed by atoms with Gasteiger partial charge in [-0.3, -0.25) is 4.79 Å². The zero-order valence-electron chi connectivity index (χ0n) is 14.7. The maximum absolute atomic E-state index is 12.8. The number of nitrogens with zero attached hydrogens (tertiary/aromatic N) is 2. The molecular weight excluding hydrogens is 286 g/mol. The number of hydrogen-bond acceptors (Lipinski definition) is 3. The summed E-state index contributed by atoms with van der Waals surface area (Å²) in [5, 5.41) is 0. The van der Waals surface area contributed by atoms with Gasteiger partial charge in [0.25, 0.3) is 0 Å². The lowest BCUT2D eigenvalue weighted by Crippen LogP contribution is -2.42. The highest BCUT2D eigenvalue weighted by Crippen LogP contribution is 2.27. The summed E-state index contributed by atoms with van der Waals surface area (Å²) in [6.07, 6.45) is 12.4. The Morgan fingerprint density at radius 2 is 1.70 bits per heavy atom. The SMILES string of the molecule is NC1CCCC(C(=O)N2CCCN(CC3CCCCC3)CC2)C1. The highest BCUT2D eigenvalue weighted by Gasteiger charge is 2.30. The molecule has 2 atom stereocenters. The lowest BCUT2D eigenvalue weighted by molar-refractivity contribution is -0.136. The molecule has 3 rings (SSSR count). The van der Waals surface area contributed by atoms with Gasteiger partial charge in [-0.1, -0.05) is 25.7 Å². The Hall–Kier alpha value is -0.610. The van der Waals surface area contributed by atoms with Crippen LogP contribution in [0.4, 0.5) is 0 Å². The van der Waals surface area contributed by atoms with Gasteiger partial charge in [0.2, 0.25) is 5.91 Å². The van der Waals surface area contributed by atoms with Crippen LogP contribution >= 0.6 is 0 Å². The predicted molar refractivity (Wildman–Crippen MR) is 94.1 cm³/mol. The molecule has 1 amide bonds. The molecule has 2 saturated carbocycles. The molecule has 0 spiro atoms. The first kappa shape index (κ1) is 17.2. The monoisotopic (exact) mass is 321 g/mol. The average molecular weight is 322 g/mol. The van der Waals surface area contributed by atoms with E-state index in [9.17, 15) is 4.79 Å². The van der Waals surface area contributed by atoms with Gasteiger partial charge in [0, 0.05) is 38.1 Å². The summed E-state index contributed by atoms with van der Waals surface area (Å²) in [6.45, 7) is 5.38. The van der Waals surface area contributed by atoms with Crippen LogP contribution in [-0.4, -0.2) is 54.5 Å². The van der Waals surface area contributed by atoms with E-state index in [4.69, 9.17) is 5.73 Å². The van der Waals surface area contributed by atoms with E-state index in [1.165, 1.54) is 45.2 Å².